The van der Waals surface area contributed by atoms with E-state index in [1.807, 2.05) is 0 Å². The first kappa shape index (κ1) is 21.8. The van der Waals surface area contributed by atoms with Gasteiger partial charge in [0.1, 0.15) is 17.1 Å². The lowest BCUT2D eigenvalue weighted by atomic mass is 9.96. The third-order valence-electron chi connectivity index (χ3n) is 5.04. The number of carbonyl (C=O) groups excluding carboxylic acids is 1. The van der Waals surface area contributed by atoms with Crippen LogP contribution in [0.25, 0.3) is 11.5 Å². The molecule has 0 bridgehead atoms. The maximum atomic E-state index is 13.6. The van der Waals surface area contributed by atoms with E-state index in [9.17, 15) is 26.7 Å². The van der Waals surface area contributed by atoms with Crippen molar-refractivity contribution in [1.82, 2.24) is 20.3 Å². The number of nitrogens with one attached hydrogen (secondary N) is 1. The van der Waals surface area contributed by atoms with Crippen molar-refractivity contribution in [2.45, 2.75) is 44.3 Å². The van der Waals surface area contributed by atoms with Gasteiger partial charge in [0, 0.05) is 37.5 Å². The van der Waals surface area contributed by atoms with E-state index in [0.717, 1.165) is 19.2 Å². The molecule has 6 nitrogen and oxygen atoms in total. The smallest absolute Gasteiger partial charge is 0.417 e. The zero-order valence-corrected chi connectivity index (χ0v) is 16.7. The zero-order chi connectivity index (χ0) is 23.1. The van der Waals surface area contributed by atoms with Gasteiger partial charge in [0.25, 0.3) is 11.8 Å². The number of pyridine rings is 2. The largest absolute Gasteiger partial charge is 0.441 e. The summed E-state index contributed by atoms with van der Waals surface area (Å²) < 4.78 is 71.7. The number of halogens is 5. The van der Waals surface area contributed by atoms with Crippen molar-refractivity contribution in [2.24, 2.45) is 0 Å². The van der Waals surface area contributed by atoms with Gasteiger partial charge in [-0.2, -0.15) is 22.0 Å². The van der Waals surface area contributed by atoms with Gasteiger partial charge in [-0.25, -0.2) is 4.98 Å². The van der Waals surface area contributed by atoms with Crippen molar-refractivity contribution in [3.63, 3.8) is 0 Å². The number of aryl methyl sites for hydroxylation is 1. The minimum atomic E-state index is -4.62. The highest BCUT2D eigenvalue weighted by Crippen LogP contribution is 2.35. The van der Waals surface area contributed by atoms with Gasteiger partial charge < -0.3 is 9.73 Å². The van der Waals surface area contributed by atoms with Gasteiger partial charge in [0.05, 0.1) is 17.2 Å². The quantitative estimate of drug-likeness (QED) is 0.559. The van der Waals surface area contributed by atoms with Crippen LogP contribution in [0.4, 0.5) is 22.0 Å². The maximum absolute atomic E-state index is 13.6. The van der Waals surface area contributed by atoms with Gasteiger partial charge in [0.2, 0.25) is 5.89 Å². The fourth-order valence-corrected chi connectivity index (χ4v) is 3.45. The van der Waals surface area contributed by atoms with E-state index in [4.69, 9.17) is 4.42 Å². The third-order valence-corrected chi connectivity index (χ3v) is 5.04. The molecule has 1 aliphatic carbocycles. The maximum Gasteiger partial charge on any atom is 0.417 e. The molecule has 0 aromatic carbocycles. The van der Waals surface area contributed by atoms with E-state index >= 15 is 0 Å². The number of rotatable bonds is 4. The van der Waals surface area contributed by atoms with Gasteiger partial charge in [-0.05, 0) is 31.0 Å². The van der Waals surface area contributed by atoms with Crippen LogP contribution in [0.3, 0.4) is 0 Å². The summed E-state index contributed by atoms with van der Waals surface area (Å²) in [5.74, 6) is -3.29. The lowest BCUT2D eigenvalue weighted by Crippen LogP contribution is -2.31. The number of nitrogens with zero attached hydrogens (tertiary/aromatic N) is 3. The first-order valence-corrected chi connectivity index (χ1v) is 9.70. The fraction of sp³-hybridized carbons (Fsp3) is 0.333. The Balaban J connectivity index is 1.59. The Labute approximate surface area is 178 Å². The molecule has 0 saturated heterocycles. The van der Waals surface area contributed by atoms with Crippen LogP contribution >= 0.6 is 0 Å². The summed E-state index contributed by atoms with van der Waals surface area (Å²) in [5, 5.41) is 2.67. The number of oxazole rings is 1. The monoisotopic (exact) mass is 452 g/mol. The topological polar surface area (TPSA) is 80.9 Å². The highest BCUT2D eigenvalue weighted by Gasteiger charge is 2.33. The Bertz CT molecular complexity index is 1150. The van der Waals surface area contributed by atoms with E-state index in [1.54, 1.807) is 0 Å². The molecular formula is C21H17F5N4O2. The van der Waals surface area contributed by atoms with E-state index in [0.29, 0.717) is 42.5 Å². The summed E-state index contributed by atoms with van der Waals surface area (Å²) in [6, 6.07) is 2.78. The second kappa shape index (κ2) is 7.95. The van der Waals surface area contributed by atoms with E-state index in [2.05, 4.69) is 20.3 Å². The molecule has 0 spiro atoms. The zero-order valence-electron chi connectivity index (χ0n) is 16.7. The van der Waals surface area contributed by atoms with Crippen LogP contribution in [0.5, 0.6) is 0 Å². The number of amides is 1. The third kappa shape index (κ3) is 4.46. The normalized spacial score (nSPS) is 16.5. The molecule has 1 aliphatic rings. The van der Waals surface area contributed by atoms with E-state index in [1.165, 1.54) is 18.3 Å². The average molecular weight is 452 g/mol. The lowest BCUT2D eigenvalue weighted by Gasteiger charge is -2.21. The second-order valence-corrected chi connectivity index (χ2v) is 7.52. The van der Waals surface area contributed by atoms with Crippen LogP contribution in [0.1, 0.15) is 58.9 Å². The molecular weight excluding hydrogens is 435 g/mol. The standard InChI is InChI=1S/C21H17F5N4O2/c1-20(22,23)16-8-11(5-6-28-16)19-30-17-14(3-2-4-15(17)32-19)29-18(31)12-7-13(10-27-9-12)21(24,25)26/h5-10,14H,2-4H2,1H3,(H,29,31)/t14-/m1/s1. The molecule has 1 N–H and O–H groups in total. The van der Waals surface area contributed by atoms with Crippen LogP contribution in [0, 0.1) is 0 Å². The van der Waals surface area contributed by atoms with Crippen LogP contribution in [-0.4, -0.2) is 20.9 Å². The van der Waals surface area contributed by atoms with Crippen molar-refractivity contribution in [2.75, 3.05) is 0 Å². The molecule has 0 aliphatic heterocycles. The summed E-state index contributed by atoms with van der Waals surface area (Å²) in [7, 11) is 0. The van der Waals surface area contributed by atoms with Gasteiger partial charge >= 0.3 is 6.18 Å². The molecule has 0 saturated carbocycles. The molecule has 1 amide bonds. The summed E-state index contributed by atoms with van der Waals surface area (Å²) in [6.45, 7) is 0.730. The highest BCUT2D eigenvalue weighted by atomic mass is 19.4. The summed E-state index contributed by atoms with van der Waals surface area (Å²) in [4.78, 5) is 24.1. The summed E-state index contributed by atoms with van der Waals surface area (Å²) in [5.41, 5.74) is -0.980. The Hall–Kier alpha value is -3.37. The molecule has 0 unspecified atom stereocenters. The van der Waals surface area contributed by atoms with Crippen molar-refractivity contribution < 1.29 is 31.2 Å². The van der Waals surface area contributed by atoms with E-state index < -0.39 is 35.3 Å². The van der Waals surface area contributed by atoms with Crippen molar-refractivity contribution in [3.8, 4) is 11.5 Å². The molecule has 0 fully saturated rings. The first-order valence-electron chi connectivity index (χ1n) is 9.70. The number of carbonyl (C=O) groups is 1. The van der Waals surface area contributed by atoms with Gasteiger partial charge in [0.15, 0.2) is 0 Å². The highest BCUT2D eigenvalue weighted by molar-refractivity contribution is 5.94. The molecule has 0 radical (unpaired) electrons. The molecule has 3 heterocycles. The predicted octanol–water partition coefficient (Wildman–Crippen LogP) is 5.07. The van der Waals surface area contributed by atoms with E-state index in [-0.39, 0.29) is 11.5 Å². The first-order chi connectivity index (χ1) is 15.0. The number of alkyl halides is 5. The Morgan fingerprint density at radius 2 is 1.97 bits per heavy atom. The van der Waals surface area contributed by atoms with Crippen molar-refractivity contribution >= 4 is 5.91 Å². The predicted molar refractivity (Wildman–Crippen MR) is 102 cm³/mol. The molecule has 168 valence electrons. The van der Waals surface area contributed by atoms with Crippen molar-refractivity contribution in [1.29, 1.82) is 0 Å². The van der Waals surface area contributed by atoms with Crippen LogP contribution < -0.4 is 5.32 Å². The molecule has 3 aromatic heterocycles. The number of hydrogen-bond donors (Lipinski definition) is 1. The Morgan fingerprint density at radius 3 is 2.69 bits per heavy atom. The van der Waals surface area contributed by atoms with Gasteiger partial charge in [-0.15, -0.1) is 0 Å². The SMILES string of the molecule is CC(F)(F)c1cc(-c2nc3c(o2)CCC[C@H]3NC(=O)c2cncc(C(F)(F)F)c2)ccn1. The average Bonchev–Trinajstić information content (AvgIpc) is 3.18. The van der Waals surface area contributed by atoms with Crippen LogP contribution in [0.2, 0.25) is 0 Å². The fourth-order valence-electron chi connectivity index (χ4n) is 3.45. The molecule has 3 aromatic rings. The summed E-state index contributed by atoms with van der Waals surface area (Å²) in [6.07, 6.45) is -0.0458. The van der Waals surface area contributed by atoms with Gasteiger partial charge in [-0.1, -0.05) is 0 Å². The molecule has 32 heavy (non-hydrogen) atoms. The Morgan fingerprint density at radius 1 is 1.19 bits per heavy atom. The molecule has 11 heteroatoms. The minimum absolute atomic E-state index is 0.102. The van der Waals surface area contributed by atoms with Crippen molar-refractivity contribution in [3.05, 3.63) is 65.1 Å². The lowest BCUT2D eigenvalue weighted by molar-refractivity contribution is -0.137. The van der Waals surface area contributed by atoms with Gasteiger partial charge in [-0.3, -0.25) is 14.8 Å². The number of hydrogen-bond acceptors (Lipinski definition) is 5. The minimum Gasteiger partial charge on any atom is -0.441 e. The molecule has 1 atom stereocenters. The van der Waals surface area contributed by atoms with Crippen LogP contribution in [0.15, 0.2) is 41.2 Å². The molecule has 4 rings (SSSR count). The Kier molecular flexibility index (Phi) is 5.43. The van der Waals surface area contributed by atoms with Crippen LogP contribution in [-0.2, 0) is 18.5 Å². The second-order valence-electron chi connectivity index (χ2n) is 7.52. The number of fused-ring (bicyclic) bond motifs is 1. The number of aromatic nitrogens is 3. The summed E-state index contributed by atoms with van der Waals surface area (Å²) >= 11 is 0.